The lowest BCUT2D eigenvalue weighted by molar-refractivity contribution is -0.132. The number of carboxylic acid groups (broad SMARTS) is 1. The van der Waals surface area contributed by atoms with Gasteiger partial charge in [0, 0.05) is 0 Å². The van der Waals surface area contributed by atoms with Crippen LogP contribution in [-0.2, 0) is 14.3 Å². The molecule has 5 heteroatoms. The quantitative estimate of drug-likeness (QED) is 0.296. The van der Waals surface area contributed by atoms with Gasteiger partial charge in [-0.1, -0.05) is 0 Å². The highest BCUT2D eigenvalue weighted by Crippen LogP contribution is 2.15. The van der Waals surface area contributed by atoms with E-state index < -0.39 is 5.97 Å². The standard InChI is InChI=1S/C7H10O4S/c1-4(6(8)9)7(12)11-3-5-2-10-5/h5,12H,2-3H2,1H3,(H,8,9). The predicted molar refractivity (Wildman–Crippen MR) is 45.0 cm³/mol. The van der Waals surface area contributed by atoms with E-state index in [1.807, 2.05) is 0 Å². The Morgan fingerprint density at radius 1 is 1.83 bits per heavy atom. The van der Waals surface area contributed by atoms with E-state index >= 15 is 0 Å². The zero-order valence-electron chi connectivity index (χ0n) is 6.61. The van der Waals surface area contributed by atoms with Crippen molar-refractivity contribution in [1.29, 1.82) is 0 Å². The van der Waals surface area contributed by atoms with Crippen LogP contribution in [0.25, 0.3) is 0 Å². The minimum Gasteiger partial charge on any atom is -0.484 e. The molecule has 12 heavy (non-hydrogen) atoms. The third-order valence-corrected chi connectivity index (χ3v) is 1.91. The molecule has 0 saturated carbocycles. The van der Waals surface area contributed by atoms with E-state index in [1.54, 1.807) is 0 Å². The van der Waals surface area contributed by atoms with Crippen LogP contribution in [0.5, 0.6) is 0 Å². The number of ether oxygens (including phenoxy) is 2. The third kappa shape index (κ3) is 2.75. The van der Waals surface area contributed by atoms with E-state index in [2.05, 4.69) is 12.6 Å². The second-order valence-electron chi connectivity index (χ2n) is 2.50. The van der Waals surface area contributed by atoms with E-state index in [0.29, 0.717) is 13.2 Å². The first-order valence-corrected chi connectivity index (χ1v) is 3.93. The summed E-state index contributed by atoms with van der Waals surface area (Å²) < 4.78 is 9.90. The Hall–Kier alpha value is -0.680. The van der Waals surface area contributed by atoms with E-state index in [1.165, 1.54) is 6.92 Å². The van der Waals surface area contributed by atoms with Gasteiger partial charge in [0.25, 0.3) is 0 Å². The molecule has 0 aliphatic carbocycles. The summed E-state index contributed by atoms with van der Waals surface area (Å²) in [5, 5.41) is 8.67. The van der Waals surface area contributed by atoms with Crippen LogP contribution < -0.4 is 0 Å². The van der Waals surface area contributed by atoms with Crippen molar-refractivity contribution < 1.29 is 19.4 Å². The average Bonchev–Trinajstić information content (AvgIpc) is 2.81. The first kappa shape index (κ1) is 9.41. The van der Waals surface area contributed by atoms with E-state index in [9.17, 15) is 4.79 Å². The van der Waals surface area contributed by atoms with Gasteiger partial charge in [0.2, 0.25) is 0 Å². The molecule has 0 aromatic rings. The molecule has 4 nitrogen and oxygen atoms in total. The first-order chi connectivity index (χ1) is 5.61. The zero-order chi connectivity index (χ0) is 9.14. The number of hydrogen-bond acceptors (Lipinski definition) is 4. The molecule has 1 aliphatic heterocycles. The topological polar surface area (TPSA) is 59.1 Å². The molecule has 0 bridgehead atoms. The van der Waals surface area contributed by atoms with Gasteiger partial charge in [-0.3, -0.25) is 0 Å². The molecular weight excluding hydrogens is 180 g/mol. The summed E-state index contributed by atoms with van der Waals surface area (Å²) in [6.45, 7) is 2.51. The van der Waals surface area contributed by atoms with Crippen molar-refractivity contribution in [2.75, 3.05) is 13.2 Å². The maximum atomic E-state index is 10.4. The molecular formula is C7H10O4S. The Bertz CT molecular complexity index is 219. The molecule has 0 amide bonds. The van der Waals surface area contributed by atoms with Crippen LogP contribution in [0.1, 0.15) is 6.92 Å². The smallest absolute Gasteiger partial charge is 0.335 e. The zero-order valence-corrected chi connectivity index (χ0v) is 7.51. The number of epoxide rings is 1. The van der Waals surface area contributed by atoms with Crippen LogP contribution in [0.4, 0.5) is 0 Å². The van der Waals surface area contributed by atoms with Gasteiger partial charge in [0.05, 0.1) is 12.2 Å². The number of rotatable bonds is 4. The molecule has 0 radical (unpaired) electrons. The summed E-state index contributed by atoms with van der Waals surface area (Å²) in [4.78, 5) is 10.4. The molecule has 68 valence electrons. The van der Waals surface area contributed by atoms with Gasteiger partial charge >= 0.3 is 5.97 Å². The van der Waals surface area contributed by atoms with E-state index in [-0.39, 0.29) is 16.8 Å². The van der Waals surface area contributed by atoms with Crippen LogP contribution in [-0.4, -0.2) is 30.4 Å². The molecule has 1 aliphatic rings. The molecule has 1 heterocycles. The normalized spacial score (nSPS) is 23.0. The summed E-state index contributed by atoms with van der Waals surface area (Å²) in [5.41, 5.74) is 0.110. The summed E-state index contributed by atoms with van der Waals surface area (Å²) in [7, 11) is 0. The molecule has 1 saturated heterocycles. The fourth-order valence-corrected chi connectivity index (χ4v) is 0.706. The van der Waals surface area contributed by atoms with E-state index in [0.717, 1.165) is 0 Å². The largest absolute Gasteiger partial charge is 0.484 e. The lowest BCUT2D eigenvalue weighted by atomic mass is 10.3. The molecule has 1 N–H and O–H groups in total. The lowest BCUT2D eigenvalue weighted by Crippen LogP contribution is -2.04. The van der Waals surface area contributed by atoms with Crippen molar-refractivity contribution in [3.63, 3.8) is 0 Å². The third-order valence-electron chi connectivity index (χ3n) is 1.45. The summed E-state index contributed by atoms with van der Waals surface area (Å²) in [6.07, 6.45) is 0.119. The maximum Gasteiger partial charge on any atom is 0.335 e. The van der Waals surface area contributed by atoms with Crippen LogP contribution >= 0.6 is 12.6 Å². The van der Waals surface area contributed by atoms with Crippen molar-refractivity contribution >= 4 is 18.6 Å². The van der Waals surface area contributed by atoms with Crippen LogP contribution in [0.2, 0.25) is 0 Å². The molecule has 0 aromatic heterocycles. The Morgan fingerprint density at radius 3 is 2.83 bits per heavy atom. The number of thiol groups is 1. The minimum atomic E-state index is -1.02. The van der Waals surface area contributed by atoms with Crippen LogP contribution in [0.15, 0.2) is 10.7 Å². The van der Waals surface area contributed by atoms with Crippen molar-refractivity contribution in [3.8, 4) is 0 Å². The average molecular weight is 190 g/mol. The highest BCUT2D eigenvalue weighted by Gasteiger charge is 2.23. The Kier molecular flexibility index (Phi) is 2.99. The first-order valence-electron chi connectivity index (χ1n) is 3.49. The molecule has 1 fully saturated rings. The van der Waals surface area contributed by atoms with Crippen molar-refractivity contribution in [3.05, 3.63) is 10.7 Å². The van der Waals surface area contributed by atoms with Crippen molar-refractivity contribution in [2.45, 2.75) is 13.0 Å². The Labute approximate surface area is 75.6 Å². The lowest BCUT2D eigenvalue weighted by Gasteiger charge is -2.04. The van der Waals surface area contributed by atoms with Gasteiger partial charge in [0.15, 0.2) is 5.09 Å². The van der Waals surface area contributed by atoms with Crippen LogP contribution in [0, 0.1) is 0 Å². The number of carbonyl (C=O) groups is 1. The molecule has 1 atom stereocenters. The van der Waals surface area contributed by atoms with Gasteiger partial charge in [-0.25, -0.2) is 4.79 Å². The van der Waals surface area contributed by atoms with Gasteiger partial charge in [-0.05, 0) is 6.92 Å². The van der Waals surface area contributed by atoms with Crippen LogP contribution in [0.3, 0.4) is 0 Å². The molecule has 0 spiro atoms. The number of hydrogen-bond donors (Lipinski definition) is 2. The molecule has 1 rings (SSSR count). The number of aliphatic carboxylic acids is 1. The van der Waals surface area contributed by atoms with Crippen molar-refractivity contribution in [2.24, 2.45) is 0 Å². The summed E-state index contributed by atoms with van der Waals surface area (Å²) >= 11 is 3.89. The summed E-state index contributed by atoms with van der Waals surface area (Å²) in [5.74, 6) is -1.02. The van der Waals surface area contributed by atoms with Gasteiger partial charge in [-0.15, -0.1) is 12.6 Å². The second-order valence-corrected chi connectivity index (χ2v) is 2.91. The molecule has 0 aromatic carbocycles. The van der Waals surface area contributed by atoms with Crippen molar-refractivity contribution in [1.82, 2.24) is 0 Å². The summed E-state index contributed by atoms with van der Waals surface area (Å²) in [6, 6.07) is 0. The second kappa shape index (κ2) is 3.82. The number of carboxylic acids is 1. The highest BCUT2D eigenvalue weighted by atomic mass is 32.1. The Morgan fingerprint density at radius 2 is 2.42 bits per heavy atom. The predicted octanol–water partition coefficient (Wildman–Crippen LogP) is 0.648. The monoisotopic (exact) mass is 190 g/mol. The minimum absolute atomic E-state index is 0.110. The van der Waals surface area contributed by atoms with Gasteiger partial charge < -0.3 is 14.6 Å². The maximum absolute atomic E-state index is 10.4. The van der Waals surface area contributed by atoms with Gasteiger partial charge in [0.1, 0.15) is 12.7 Å². The fraction of sp³-hybridized carbons (Fsp3) is 0.571. The highest BCUT2D eigenvalue weighted by molar-refractivity contribution is 7.84. The van der Waals surface area contributed by atoms with E-state index in [4.69, 9.17) is 14.6 Å². The SMILES string of the molecule is CC(C(=O)O)=C(S)OCC1CO1. The fourth-order valence-electron chi connectivity index (χ4n) is 0.536. The molecule has 1 unspecified atom stereocenters. The Balaban J connectivity index is 2.37. The van der Waals surface area contributed by atoms with Gasteiger partial charge in [-0.2, -0.15) is 0 Å².